The highest BCUT2D eigenvalue weighted by atomic mass is 19.1. The number of imide groups is 1. The number of hydrogen-bond acceptors (Lipinski definition) is 9. The number of nitrogens with zero attached hydrogens (tertiary/aromatic N) is 7. The molecule has 4 fully saturated rings. The molecule has 3 amide bonds. The van der Waals surface area contributed by atoms with Crippen LogP contribution in [0.25, 0.3) is 16.6 Å². The molecule has 2 aromatic carbocycles. The Kier molecular flexibility index (Phi) is 8.32. The van der Waals surface area contributed by atoms with Crippen molar-refractivity contribution in [1.29, 1.82) is 0 Å². The Labute approximate surface area is 303 Å². The lowest BCUT2D eigenvalue weighted by molar-refractivity contribution is -0.134. The maximum atomic E-state index is 15.9. The van der Waals surface area contributed by atoms with Gasteiger partial charge in [-0.2, -0.15) is 10.2 Å². The van der Waals surface area contributed by atoms with Crippen LogP contribution in [-0.2, 0) is 9.59 Å². The summed E-state index contributed by atoms with van der Waals surface area (Å²) in [6.07, 6.45) is 11.2. The van der Waals surface area contributed by atoms with Crippen LogP contribution in [0.5, 0.6) is 5.75 Å². The predicted molar refractivity (Wildman–Crippen MR) is 191 cm³/mol. The van der Waals surface area contributed by atoms with Crippen LogP contribution in [0.3, 0.4) is 0 Å². The first-order chi connectivity index (χ1) is 25.7. The number of amides is 3. The number of carbonyl (C=O) groups excluding carboxylic acids is 3. The summed E-state index contributed by atoms with van der Waals surface area (Å²) in [7, 11) is 0. The molecule has 2 N–H and O–H groups in total. The first-order valence-electron chi connectivity index (χ1n) is 18.2. The van der Waals surface area contributed by atoms with E-state index < -0.39 is 23.3 Å². The van der Waals surface area contributed by atoms with Gasteiger partial charge in [-0.1, -0.05) is 6.07 Å². The van der Waals surface area contributed by atoms with Crippen molar-refractivity contribution in [3.63, 3.8) is 0 Å². The zero-order valence-corrected chi connectivity index (χ0v) is 29.0. The molecule has 0 spiro atoms. The van der Waals surface area contributed by atoms with E-state index in [1.54, 1.807) is 35.1 Å². The summed E-state index contributed by atoms with van der Waals surface area (Å²) < 4.78 is 40.7. The highest BCUT2D eigenvalue weighted by molar-refractivity contribution is 6.09. The number of benzene rings is 2. The van der Waals surface area contributed by atoms with Gasteiger partial charge in [0.25, 0.3) is 5.91 Å². The van der Waals surface area contributed by atoms with Gasteiger partial charge < -0.3 is 15.0 Å². The molecule has 15 heteroatoms. The Morgan fingerprint density at radius 2 is 1.91 bits per heavy atom. The van der Waals surface area contributed by atoms with Gasteiger partial charge in [0.05, 0.1) is 49.1 Å². The molecule has 0 radical (unpaired) electrons. The fourth-order valence-electron chi connectivity index (χ4n) is 7.79. The van der Waals surface area contributed by atoms with E-state index in [9.17, 15) is 14.4 Å². The largest absolute Gasteiger partial charge is 0.491 e. The van der Waals surface area contributed by atoms with Crippen LogP contribution in [0.15, 0.2) is 61.2 Å². The molecule has 13 nitrogen and oxygen atoms in total. The van der Waals surface area contributed by atoms with Gasteiger partial charge in [-0.15, -0.1) is 0 Å². The fourth-order valence-corrected chi connectivity index (χ4v) is 7.79. The van der Waals surface area contributed by atoms with Gasteiger partial charge in [-0.3, -0.25) is 29.3 Å². The average molecular weight is 724 g/mol. The second kappa shape index (κ2) is 13.2. The van der Waals surface area contributed by atoms with E-state index in [1.165, 1.54) is 12.3 Å². The number of likely N-dealkylation sites (tertiary alicyclic amines) is 1. The molecule has 3 saturated heterocycles. The number of nitrogens with one attached hydrogen (secondary N) is 2. The minimum absolute atomic E-state index is 0.136. The van der Waals surface area contributed by atoms with Crippen molar-refractivity contribution < 1.29 is 27.9 Å². The number of fused-ring (bicyclic) bond motifs is 2. The fraction of sp³-hybridized carbons (Fsp3) is 0.421. The number of halogens is 2. The molecule has 1 aliphatic carbocycles. The van der Waals surface area contributed by atoms with E-state index in [-0.39, 0.29) is 49.4 Å². The molecule has 0 bridgehead atoms. The van der Waals surface area contributed by atoms with E-state index >= 15 is 8.78 Å². The van der Waals surface area contributed by atoms with Crippen LogP contribution in [0.4, 0.5) is 20.2 Å². The third-order valence-electron chi connectivity index (χ3n) is 10.9. The van der Waals surface area contributed by atoms with Crippen molar-refractivity contribution in [3.05, 3.63) is 78.1 Å². The molecule has 6 heterocycles. The van der Waals surface area contributed by atoms with Gasteiger partial charge in [-0.25, -0.2) is 18.3 Å². The van der Waals surface area contributed by atoms with Gasteiger partial charge in [0, 0.05) is 67.3 Å². The molecular formula is C38H39F2N9O4. The maximum Gasteiger partial charge on any atom is 0.261 e. The molecule has 53 heavy (non-hydrogen) atoms. The Bertz CT molecular complexity index is 2240. The average Bonchev–Trinajstić information content (AvgIpc) is 3.71. The molecule has 3 aromatic heterocycles. The SMILES string of the molecule is O=C1CCC(c2ccc(N3CC(F)(CN4CCC(n5cc6cc(NC(=O)c7cnn8cccnc78)c(OCC7CC7)cc6n5)CC4)C3)cc2F)C(=O)N1. The Morgan fingerprint density at radius 1 is 1.08 bits per heavy atom. The minimum Gasteiger partial charge on any atom is -0.491 e. The quantitative estimate of drug-likeness (QED) is 0.197. The van der Waals surface area contributed by atoms with Crippen molar-refractivity contribution in [1.82, 2.24) is 34.6 Å². The second-order valence-corrected chi connectivity index (χ2v) is 14.9. The molecular weight excluding hydrogens is 684 g/mol. The van der Waals surface area contributed by atoms with Crippen molar-refractivity contribution in [3.8, 4) is 5.75 Å². The summed E-state index contributed by atoms with van der Waals surface area (Å²) in [6, 6.07) is 10.3. The lowest BCUT2D eigenvalue weighted by Gasteiger charge is -2.48. The topological polar surface area (TPSA) is 139 Å². The summed E-state index contributed by atoms with van der Waals surface area (Å²) in [5, 5.41) is 15.3. The molecule has 1 unspecified atom stereocenters. The number of piperidine rings is 2. The van der Waals surface area contributed by atoms with Gasteiger partial charge in [0.1, 0.15) is 17.1 Å². The minimum atomic E-state index is -1.41. The summed E-state index contributed by atoms with van der Waals surface area (Å²) in [6.45, 7) is 2.62. The third-order valence-corrected chi connectivity index (χ3v) is 10.9. The molecule has 1 atom stereocenters. The molecule has 274 valence electrons. The first-order valence-corrected chi connectivity index (χ1v) is 18.2. The maximum absolute atomic E-state index is 15.9. The van der Waals surface area contributed by atoms with Crippen LogP contribution in [0.2, 0.25) is 0 Å². The summed E-state index contributed by atoms with van der Waals surface area (Å²) in [5.74, 6) is -1.30. The predicted octanol–water partition coefficient (Wildman–Crippen LogP) is 4.64. The highest BCUT2D eigenvalue weighted by Gasteiger charge is 2.45. The zero-order chi connectivity index (χ0) is 36.3. The summed E-state index contributed by atoms with van der Waals surface area (Å²) in [5.41, 5.74) is 1.58. The Hall–Kier alpha value is -5.44. The number of alkyl halides is 1. The van der Waals surface area contributed by atoms with Crippen LogP contribution >= 0.6 is 0 Å². The van der Waals surface area contributed by atoms with E-state index in [0.29, 0.717) is 60.5 Å². The summed E-state index contributed by atoms with van der Waals surface area (Å²) in [4.78, 5) is 45.4. The normalized spacial score (nSPS) is 20.8. The lowest BCUT2D eigenvalue weighted by Crippen LogP contribution is -2.64. The van der Waals surface area contributed by atoms with Crippen molar-refractivity contribution in [2.75, 3.05) is 49.5 Å². The van der Waals surface area contributed by atoms with Crippen LogP contribution in [0, 0.1) is 11.7 Å². The van der Waals surface area contributed by atoms with E-state index in [4.69, 9.17) is 9.84 Å². The van der Waals surface area contributed by atoms with E-state index in [2.05, 4.69) is 25.6 Å². The van der Waals surface area contributed by atoms with Crippen LogP contribution in [-0.4, -0.2) is 92.0 Å². The number of anilines is 2. The van der Waals surface area contributed by atoms with Crippen LogP contribution in [0.1, 0.15) is 66.4 Å². The van der Waals surface area contributed by atoms with Gasteiger partial charge in [0.15, 0.2) is 11.3 Å². The molecule has 3 aliphatic heterocycles. The number of rotatable bonds is 10. The Morgan fingerprint density at radius 3 is 2.68 bits per heavy atom. The Balaban J connectivity index is 0.826. The van der Waals surface area contributed by atoms with Gasteiger partial charge >= 0.3 is 0 Å². The number of carbonyl (C=O) groups is 3. The highest BCUT2D eigenvalue weighted by Crippen LogP contribution is 2.38. The van der Waals surface area contributed by atoms with Crippen molar-refractivity contribution in [2.45, 2.75) is 56.2 Å². The lowest BCUT2D eigenvalue weighted by atomic mass is 9.89. The van der Waals surface area contributed by atoms with E-state index in [0.717, 1.165) is 36.6 Å². The van der Waals surface area contributed by atoms with Gasteiger partial charge in [0.2, 0.25) is 11.8 Å². The second-order valence-electron chi connectivity index (χ2n) is 14.9. The number of ether oxygens (including phenoxy) is 1. The first kappa shape index (κ1) is 33.4. The molecule has 5 aromatic rings. The zero-order valence-electron chi connectivity index (χ0n) is 29.0. The molecule has 4 aliphatic rings. The van der Waals surface area contributed by atoms with Gasteiger partial charge in [-0.05, 0) is 62.3 Å². The number of aromatic nitrogens is 5. The van der Waals surface area contributed by atoms with Crippen molar-refractivity contribution >= 4 is 45.6 Å². The third kappa shape index (κ3) is 6.69. The smallest absolute Gasteiger partial charge is 0.261 e. The molecule has 1 saturated carbocycles. The standard InChI is InChI=1S/C38H39F2N9O4/c39-30-15-26(4-5-27(30)28-6-7-34(50)44-36(28)51)47-21-38(40,22-47)20-46-12-8-25(9-13-46)49-18-24-14-32(33(16-31(24)45-49)53-19-23-2-3-23)43-37(52)29-17-42-48-11-1-10-41-35(29)48/h1,4-5,10-11,14-18,23,25,28H,2-3,6-9,12-13,19-22H2,(H,43,52)(H,44,50,51). The number of hydrogen-bond donors (Lipinski definition) is 2. The summed E-state index contributed by atoms with van der Waals surface area (Å²) >= 11 is 0. The van der Waals surface area contributed by atoms with Crippen molar-refractivity contribution in [2.24, 2.45) is 5.92 Å². The monoisotopic (exact) mass is 723 g/mol. The molecule has 9 rings (SSSR count). The van der Waals surface area contributed by atoms with E-state index in [1.807, 2.05) is 27.9 Å². The van der Waals surface area contributed by atoms with Crippen LogP contribution < -0.4 is 20.3 Å².